The van der Waals surface area contributed by atoms with Gasteiger partial charge in [0, 0.05) is 47.5 Å². The molecule has 3 aliphatic carbocycles. The molecule has 254 valence electrons. The molecule has 6 aliphatic rings. The second kappa shape index (κ2) is 9.82. The Morgan fingerprint density at radius 1 is 1.12 bits per heavy atom. The second-order valence-corrected chi connectivity index (χ2v) is 15.8. The summed E-state index contributed by atoms with van der Waals surface area (Å²) in [5.74, 6) is -3.72. The predicted octanol–water partition coefficient (Wildman–Crippen LogP) is 6.59. The summed E-state index contributed by atoms with van der Waals surface area (Å²) in [5.41, 5.74) is -2.26. The molecule has 9 nitrogen and oxygen atoms in total. The number of methoxy groups -OCH3 is 1. The fourth-order valence-electron chi connectivity index (χ4n) is 9.62. The maximum absolute atomic E-state index is 15.3. The number of allylic oxidation sites excluding steroid dienone is 1. The molecule has 3 heterocycles. The van der Waals surface area contributed by atoms with Crippen LogP contribution in [0.15, 0.2) is 42.5 Å². The van der Waals surface area contributed by atoms with Gasteiger partial charge in [0.2, 0.25) is 0 Å². The lowest BCUT2D eigenvalue weighted by Gasteiger charge is -2.62. The highest BCUT2D eigenvalue weighted by atomic mass is 16.6. The van der Waals surface area contributed by atoms with E-state index in [0.717, 1.165) is 16.7 Å². The summed E-state index contributed by atoms with van der Waals surface area (Å²) in [6.45, 7) is 19.1. The van der Waals surface area contributed by atoms with E-state index < -0.39 is 63.4 Å². The van der Waals surface area contributed by atoms with E-state index in [1.807, 2.05) is 66.7 Å². The number of carboxylic acid groups (broad SMARTS) is 1. The number of fused-ring (bicyclic) bond motifs is 4. The number of carbonyl (C=O) groups excluding carboxylic acids is 2. The van der Waals surface area contributed by atoms with Gasteiger partial charge in [-0.15, -0.1) is 6.58 Å². The number of Topliss-reactive ketones (excluding diaryl/α,β-unsaturated/α-hetero) is 2. The van der Waals surface area contributed by atoms with Crippen LogP contribution in [0.4, 0.5) is 0 Å². The lowest BCUT2D eigenvalue weighted by Crippen LogP contribution is -2.80. The minimum Gasteiger partial charge on any atom is -0.506 e. The molecule has 8 rings (SSSR count). The van der Waals surface area contributed by atoms with E-state index in [4.69, 9.17) is 18.9 Å². The average molecular weight is 657 g/mol. The third-order valence-electron chi connectivity index (χ3n) is 11.9. The number of benzene rings is 2. The Balaban J connectivity index is 1.60. The van der Waals surface area contributed by atoms with Crippen LogP contribution < -0.4 is 9.47 Å². The van der Waals surface area contributed by atoms with Crippen LogP contribution in [0.3, 0.4) is 0 Å². The molecule has 48 heavy (non-hydrogen) atoms. The summed E-state index contributed by atoms with van der Waals surface area (Å²) in [4.78, 5) is 42.0. The molecule has 0 aromatic heterocycles. The molecule has 0 amide bonds. The highest BCUT2D eigenvalue weighted by Gasteiger charge is 2.85. The summed E-state index contributed by atoms with van der Waals surface area (Å²) < 4.78 is 27.0. The monoisotopic (exact) mass is 656 g/mol. The fourth-order valence-corrected chi connectivity index (χ4v) is 9.62. The molecule has 2 aromatic carbocycles. The maximum atomic E-state index is 15.3. The Kier molecular flexibility index (Phi) is 6.67. The van der Waals surface area contributed by atoms with E-state index in [1.54, 1.807) is 6.08 Å². The number of hydrogen-bond acceptors (Lipinski definition) is 8. The third-order valence-corrected chi connectivity index (χ3v) is 11.9. The van der Waals surface area contributed by atoms with Gasteiger partial charge in [0.25, 0.3) is 0 Å². The summed E-state index contributed by atoms with van der Waals surface area (Å²) in [6.07, 6.45) is 2.65. The van der Waals surface area contributed by atoms with Crippen molar-refractivity contribution in [3.05, 3.63) is 64.8 Å². The first-order valence-electron chi connectivity index (χ1n) is 16.6. The molecule has 9 heteroatoms. The zero-order chi connectivity index (χ0) is 35.1. The number of carbonyl (C=O) groups is 3. The number of rotatable bonds is 6. The second-order valence-electron chi connectivity index (χ2n) is 15.8. The van der Waals surface area contributed by atoms with Crippen molar-refractivity contribution < 1.29 is 43.5 Å². The van der Waals surface area contributed by atoms with Crippen molar-refractivity contribution in [3.63, 3.8) is 0 Å². The summed E-state index contributed by atoms with van der Waals surface area (Å²) in [5, 5.41) is 22.1. The SMILES string of the molecule is C=CC(C)(C)c1c2c(c(O)c3c1OC(C)(C)c1ccc(C)cc1-3)C(=O)C1C(OC)C3CC4C(C)(C)OC(CC=C(C)C(=O)O)(C3=O)C14O2. The van der Waals surface area contributed by atoms with Gasteiger partial charge in [-0.25, -0.2) is 4.79 Å². The zero-order valence-electron chi connectivity index (χ0n) is 29.1. The van der Waals surface area contributed by atoms with Crippen LogP contribution in [0.1, 0.15) is 88.4 Å². The molecule has 4 bridgehead atoms. The van der Waals surface area contributed by atoms with E-state index in [1.165, 1.54) is 20.1 Å². The van der Waals surface area contributed by atoms with Gasteiger partial charge in [0.15, 0.2) is 22.8 Å². The Morgan fingerprint density at radius 3 is 2.42 bits per heavy atom. The van der Waals surface area contributed by atoms with Crippen LogP contribution in [0.2, 0.25) is 0 Å². The number of ether oxygens (including phenoxy) is 4. The van der Waals surface area contributed by atoms with E-state index >= 15 is 4.79 Å². The smallest absolute Gasteiger partial charge is 0.330 e. The third kappa shape index (κ3) is 3.77. The average Bonchev–Trinajstić information content (AvgIpc) is 3.14. The first-order chi connectivity index (χ1) is 22.3. The molecular weight excluding hydrogens is 612 g/mol. The molecule has 3 aliphatic heterocycles. The van der Waals surface area contributed by atoms with Crippen LogP contribution in [-0.2, 0) is 30.1 Å². The zero-order valence-corrected chi connectivity index (χ0v) is 29.1. The van der Waals surface area contributed by atoms with Gasteiger partial charge in [0.05, 0.1) is 23.2 Å². The number of ketones is 2. The Labute approximate surface area is 280 Å². The number of phenols is 1. The van der Waals surface area contributed by atoms with Crippen LogP contribution in [0.25, 0.3) is 11.1 Å². The van der Waals surface area contributed by atoms with Crippen molar-refractivity contribution >= 4 is 17.5 Å². The molecule has 2 aromatic rings. The quantitative estimate of drug-likeness (QED) is 0.261. The molecule has 3 saturated carbocycles. The maximum Gasteiger partial charge on any atom is 0.330 e. The van der Waals surface area contributed by atoms with Gasteiger partial charge in [-0.1, -0.05) is 49.8 Å². The van der Waals surface area contributed by atoms with Gasteiger partial charge in [0.1, 0.15) is 28.4 Å². The molecule has 6 unspecified atom stereocenters. The lowest BCUT2D eigenvalue weighted by molar-refractivity contribution is -0.224. The summed E-state index contributed by atoms with van der Waals surface area (Å²) in [6, 6.07) is 5.97. The van der Waals surface area contributed by atoms with Gasteiger partial charge in [-0.3, -0.25) is 9.59 Å². The van der Waals surface area contributed by atoms with Crippen molar-refractivity contribution in [2.75, 3.05) is 7.11 Å². The first kappa shape index (κ1) is 32.6. The molecule has 0 radical (unpaired) electrons. The van der Waals surface area contributed by atoms with Crippen LogP contribution >= 0.6 is 0 Å². The van der Waals surface area contributed by atoms with Crippen molar-refractivity contribution in [2.45, 2.75) is 102 Å². The van der Waals surface area contributed by atoms with Crippen LogP contribution in [-0.4, -0.2) is 57.8 Å². The predicted molar refractivity (Wildman–Crippen MR) is 178 cm³/mol. The largest absolute Gasteiger partial charge is 0.506 e. The Morgan fingerprint density at radius 2 is 1.79 bits per heavy atom. The van der Waals surface area contributed by atoms with Crippen LogP contribution in [0, 0.1) is 24.7 Å². The molecule has 6 atom stereocenters. The highest BCUT2D eigenvalue weighted by Crippen LogP contribution is 2.71. The van der Waals surface area contributed by atoms with E-state index in [-0.39, 0.29) is 34.8 Å². The van der Waals surface area contributed by atoms with Crippen molar-refractivity contribution in [3.8, 4) is 28.4 Å². The molecular formula is C39H44O9. The highest BCUT2D eigenvalue weighted by molar-refractivity contribution is 6.11. The van der Waals surface area contributed by atoms with E-state index in [2.05, 4.69) is 6.58 Å². The number of carboxylic acids is 1. The van der Waals surface area contributed by atoms with Gasteiger partial charge in [-0.2, -0.15) is 0 Å². The number of aromatic hydroxyl groups is 1. The molecule has 4 fully saturated rings. The van der Waals surface area contributed by atoms with Gasteiger partial charge < -0.3 is 29.2 Å². The molecule has 1 saturated heterocycles. The van der Waals surface area contributed by atoms with Crippen molar-refractivity contribution in [1.29, 1.82) is 0 Å². The minimum absolute atomic E-state index is 0.0109. The number of aryl methyl sites for hydroxylation is 1. The Hall–Kier alpha value is -3.95. The fraction of sp³-hybridized carbons (Fsp3) is 0.513. The van der Waals surface area contributed by atoms with Crippen molar-refractivity contribution in [1.82, 2.24) is 0 Å². The molecule has 1 spiro atoms. The van der Waals surface area contributed by atoms with Crippen molar-refractivity contribution in [2.24, 2.45) is 17.8 Å². The first-order valence-corrected chi connectivity index (χ1v) is 16.6. The van der Waals surface area contributed by atoms with Gasteiger partial charge >= 0.3 is 5.97 Å². The summed E-state index contributed by atoms with van der Waals surface area (Å²) in [7, 11) is 1.48. The molecule has 2 N–H and O–H groups in total. The normalized spacial score (nSPS) is 32.0. The number of aliphatic carboxylic acids is 1. The number of hydrogen-bond donors (Lipinski definition) is 2. The van der Waals surface area contributed by atoms with E-state index in [9.17, 15) is 19.8 Å². The standard InChI is InChI=1S/C39H44O9/c1-11-35(4,5)27-31-24(20-16-18(2)12-13-22(20)36(6,7)46-31)28(40)25-29(41)26-30(45-10)21-17-23-37(8,9)48-38(33(21)42,15-14-19(3)34(43)44)39(23,26)47-32(25)27/h11-14,16,21,23,26,30,40H,1,15,17H2,2-10H3,(H,43,44). The number of phenolic OH excluding ortho intramolecular Hbond substituents is 1. The summed E-state index contributed by atoms with van der Waals surface area (Å²) >= 11 is 0. The van der Waals surface area contributed by atoms with Gasteiger partial charge in [-0.05, 0) is 53.5 Å². The van der Waals surface area contributed by atoms with E-state index in [0.29, 0.717) is 23.3 Å². The Bertz CT molecular complexity index is 1880. The minimum atomic E-state index is -1.70. The topological polar surface area (TPSA) is 129 Å². The van der Waals surface area contributed by atoms with Crippen LogP contribution in [0.5, 0.6) is 17.2 Å². The lowest BCUT2D eigenvalue weighted by atomic mass is 9.45.